The first-order chi connectivity index (χ1) is 13.8. The molecule has 2 N–H and O–H groups in total. The highest BCUT2D eigenvalue weighted by Gasteiger charge is 2.39. The van der Waals surface area contributed by atoms with E-state index in [0.29, 0.717) is 29.9 Å². The van der Waals surface area contributed by atoms with E-state index in [1.807, 2.05) is 39.0 Å². The van der Waals surface area contributed by atoms with Crippen LogP contribution in [-0.4, -0.2) is 29.2 Å². The highest BCUT2D eigenvalue weighted by Crippen LogP contribution is 2.32. The largest absolute Gasteiger partial charge is 0.350 e. The molecule has 0 unspecified atom stereocenters. The molecule has 1 heterocycles. The minimum Gasteiger partial charge on any atom is -0.350 e. The molecule has 3 amide bonds. The highest BCUT2D eigenvalue weighted by molar-refractivity contribution is 6.36. The predicted molar refractivity (Wildman–Crippen MR) is 114 cm³/mol. The van der Waals surface area contributed by atoms with Gasteiger partial charge in [-0.3, -0.25) is 19.3 Å². The summed E-state index contributed by atoms with van der Waals surface area (Å²) in [4.78, 5) is 38.6. The second-order valence-electron chi connectivity index (χ2n) is 7.21. The van der Waals surface area contributed by atoms with Crippen molar-refractivity contribution >= 4 is 34.7 Å². The summed E-state index contributed by atoms with van der Waals surface area (Å²) in [5, 5.41) is 5.84. The number of nitrogens with zero attached hydrogens (tertiary/aromatic N) is 1. The minimum absolute atomic E-state index is 0.155. The number of amides is 3. The lowest BCUT2D eigenvalue weighted by Crippen LogP contribution is -2.33. The number of carbonyl (C=O) groups is 3. The van der Waals surface area contributed by atoms with Crippen LogP contribution in [-0.2, 0) is 14.4 Å². The maximum absolute atomic E-state index is 13.1. The van der Waals surface area contributed by atoms with Crippen LogP contribution in [0.1, 0.15) is 37.0 Å². The Balaban J connectivity index is 2.02. The summed E-state index contributed by atoms with van der Waals surface area (Å²) in [6.45, 7) is 7.68. The molecule has 0 radical (unpaired) electrons. The number of benzene rings is 2. The number of anilines is 2. The molecule has 0 saturated heterocycles. The number of aryl methyl sites for hydroxylation is 2. The fourth-order valence-corrected chi connectivity index (χ4v) is 3.45. The molecule has 150 valence electrons. The second kappa shape index (κ2) is 8.31. The van der Waals surface area contributed by atoms with Gasteiger partial charge in [-0.15, -0.1) is 0 Å². The second-order valence-corrected chi connectivity index (χ2v) is 7.21. The van der Waals surface area contributed by atoms with Crippen LogP contribution in [0.5, 0.6) is 0 Å². The molecule has 6 nitrogen and oxygen atoms in total. The van der Waals surface area contributed by atoms with Gasteiger partial charge in [0.05, 0.1) is 5.57 Å². The van der Waals surface area contributed by atoms with Gasteiger partial charge in [0.2, 0.25) is 5.91 Å². The van der Waals surface area contributed by atoms with Crippen molar-refractivity contribution in [3.8, 4) is 0 Å². The molecule has 1 aliphatic heterocycles. The quantitative estimate of drug-likeness (QED) is 0.733. The van der Waals surface area contributed by atoms with Gasteiger partial charge in [-0.2, -0.15) is 0 Å². The molecule has 0 bridgehead atoms. The van der Waals surface area contributed by atoms with Crippen molar-refractivity contribution in [1.82, 2.24) is 4.90 Å². The number of nitrogens with one attached hydrogen (secondary N) is 2. The molecule has 2 aromatic rings. The zero-order chi connectivity index (χ0) is 21.1. The Bertz CT molecular complexity index is 1010. The van der Waals surface area contributed by atoms with Crippen LogP contribution in [0.2, 0.25) is 0 Å². The van der Waals surface area contributed by atoms with Crippen LogP contribution < -0.4 is 10.6 Å². The normalized spacial score (nSPS) is 13.9. The Kier molecular flexibility index (Phi) is 5.82. The number of hydrogen-bond acceptors (Lipinski definition) is 4. The molecule has 3 rings (SSSR count). The molecule has 0 aromatic heterocycles. The SMILES string of the molecule is CCCN1C(=O)C(Nc2ccc(NC(C)=O)cc2)=C(c2ccc(C)cc2C)C1=O. The van der Waals surface area contributed by atoms with E-state index in [4.69, 9.17) is 0 Å². The van der Waals surface area contributed by atoms with Crippen molar-refractivity contribution in [1.29, 1.82) is 0 Å². The summed E-state index contributed by atoms with van der Waals surface area (Å²) in [6, 6.07) is 12.8. The molecule has 0 atom stereocenters. The molecule has 0 spiro atoms. The van der Waals surface area contributed by atoms with Gasteiger partial charge in [0.15, 0.2) is 0 Å². The van der Waals surface area contributed by atoms with Gasteiger partial charge in [-0.25, -0.2) is 0 Å². The van der Waals surface area contributed by atoms with Gasteiger partial charge in [-0.1, -0.05) is 30.7 Å². The lowest BCUT2D eigenvalue weighted by atomic mass is 9.97. The number of imide groups is 1. The maximum atomic E-state index is 13.1. The standard InChI is InChI=1S/C23H25N3O3/c1-5-12-26-22(28)20(19-11-6-14(2)13-15(19)3)21(23(26)29)25-18-9-7-17(8-10-18)24-16(4)27/h6-11,13,25H,5,12H2,1-4H3,(H,24,27). The van der Waals surface area contributed by atoms with E-state index in [1.165, 1.54) is 11.8 Å². The third-order valence-corrected chi connectivity index (χ3v) is 4.74. The van der Waals surface area contributed by atoms with E-state index in [0.717, 1.165) is 16.7 Å². The molecule has 29 heavy (non-hydrogen) atoms. The maximum Gasteiger partial charge on any atom is 0.278 e. The van der Waals surface area contributed by atoms with Crippen LogP contribution in [0.25, 0.3) is 5.57 Å². The predicted octanol–water partition coefficient (Wildman–Crippen LogP) is 3.86. The van der Waals surface area contributed by atoms with E-state index in [-0.39, 0.29) is 23.4 Å². The van der Waals surface area contributed by atoms with Crippen LogP contribution in [0.3, 0.4) is 0 Å². The molecule has 0 fully saturated rings. The Morgan fingerprint density at radius 3 is 2.21 bits per heavy atom. The molecule has 1 aliphatic rings. The molecule has 0 aliphatic carbocycles. The van der Waals surface area contributed by atoms with E-state index >= 15 is 0 Å². The Labute approximate surface area is 170 Å². The topological polar surface area (TPSA) is 78.5 Å². The van der Waals surface area contributed by atoms with Crippen LogP contribution in [0.15, 0.2) is 48.2 Å². The van der Waals surface area contributed by atoms with Crippen molar-refractivity contribution in [3.05, 3.63) is 64.9 Å². The fraction of sp³-hybridized carbons (Fsp3) is 0.261. The van der Waals surface area contributed by atoms with Crippen molar-refractivity contribution in [3.63, 3.8) is 0 Å². The molecule has 2 aromatic carbocycles. The molecule has 6 heteroatoms. The van der Waals surface area contributed by atoms with Gasteiger partial charge in [0.1, 0.15) is 5.70 Å². The minimum atomic E-state index is -0.322. The molecular weight excluding hydrogens is 366 g/mol. The van der Waals surface area contributed by atoms with Crippen LogP contribution in [0.4, 0.5) is 11.4 Å². The summed E-state index contributed by atoms with van der Waals surface area (Å²) in [5.41, 5.74) is 4.79. The zero-order valence-electron chi connectivity index (χ0n) is 17.1. The first-order valence-electron chi connectivity index (χ1n) is 9.64. The van der Waals surface area contributed by atoms with Gasteiger partial charge < -0.3 is 10.6 Å². The van der Waals surface area contributed by atoms with Crippen LogP contribution >= 0.6 is 0 Å². The lowest BCUT2D eigenvalue weighted by molar-refractivity contribution is -0.136. The molecule has 0 saturated carbocycles. The van der Waals surface area contributed by atoms with Crippen molar-refractivity contribution in [2.24, 2.45) is 0 Å². The van der Waals surface area contributed by atoms with E-state index < -0.39 is 0 Å². The van der Waals surface area contributed by atoms with Gasteiger partial charge in [-0.05, 0) is 55.7 Å². The van der Waals surface area contributed by atoms with Crippen molar-refractivity contribution in [2.45, 2.75) is 34.1 Å². The third-order valence-electron chi connectivity index (χ3n) is 4.74. The summed E-state index contributed by atoms with van der Waals surface area (Å²) >= 11 is 0. The van der Waals surface area contributed by atoms with Crippen molar-refractivity contribution < 1.29 is 14.4 Å². The Morgan fingerprint density at radius 1 is 0.966 bits per heavy atom. The monoisotopic (exact) mass is 391 g/mol. The van der Waals surface area contributed by atoms with Crippen molar-refractivity contribution in [2.75, 3.05) is 17.2 Å². The lowest BCUT2D eigenvalue weighted by Gasteiger charge is -2.14. The van der Waals surface area contributed by atoms with Crippen LogP contribution in [0, 0.1) is 13.8 Å². The highest BCUT2D eigenvalue weighted by atomic mass is 16.2. The average Bonchev–Trinajstić information content (AvgIpc) is 2.88. The number of rotatable bonds is 6. The summed E-state index contributed by atoms with van der Waals surface area (Å²) < 4.78 is 0. The van der Waals surface area contributed by atoms with Gasteiger partial charge in [0, 0.05) is 24.8 Å². The Morgan fingerprint density at radius 2 is 1.62 bits per heavy atom. The van der Waals surface area contributed by atoms with Gasteiger partial charge >= 0.3 is 0 Å². The first kappa shape index (κ1) is 20.3. The Hall–Kier alpha value is -3.41. The van der Waals surface area contributed by atoms with E-state index in [1.54, 1.807) is 24.3 Å². The first-order valence-corrected chi connectivity index (χ1v) is 9.64. The summed E-state index contributed by atoms with van der Waals surface area (Å²) in [7, 11) is 0. The van der Waals surface area contributed by atoms with E-state index in [9.17, 15) is 14.4 Å². The van der Waals surface area contributed by atoms with Gasteiger partial charge in [0.25, 0.3) is 11.8 Å². The summed E-state index contributed by atoms with van der Waals surface area (Å²) in [6.07, 6.45) is 0.691. The number of carbonyl (C=O) groups excluding carboxylic acids is 3. The third kappa shape index (κ3) is 4.21. The van der Waals surface area contributed by atoms with E-state index in [2.05, 4.69) is 10.6 Å². The average molecular weight is 391 g/mol. The zero-order valence-corrected chi connectivity index (χ0v) is 17.1. The fourth-order valence-electron chi connectivity index (χ4n) is 3.45. The number of hydrogen-bond donors (Lipinski definition) is 2. The smallest absolute Gasteiger partial charge is 0.278 e. The summed E-state index contributed by atoms with van der Waals surface area (Å²) in [5.74, 6) is -0.753. The molecular formula is C23H25N3O3.